The number of ketones is 4. The predicted molar refractivity (Wildman–Crippen MR) is 166 cm³/mol. The van der Waals surface area contributed by atoms with E-state index in [0.29, 0.717) is 5.69 Å². The van der Waals surface area contributed by atoms with Crippen molar-refractivity contribution < 1.29 is 42.0 Å². The third-order valence-electron chi connectivity index (χ3n) is 9.82. The number of benzene rings is 1. The van der Waals surface area contributed by atoms with Gasteiger partial charge < -0.3 is 31.7 Å². The number of Topliss-reactive ketones (excluding diaryl/α,β-unsaturated/α-hetero) is 4. The third-order valence-corrected chi connectivity index (χ3v) is 11.5. The van der Waals surface area contributed by atoms with Crippen LogP contribution in [-0.4, -0.2) is 97.9 Å². The summed E-state index contributed by atoms with van der Waals surface area (Å²) in [6.07, 6.45) is -0.841. The average Bonchev–Trinajstić information content (AvgIpc) is 3.29. The van der Waals surface area contributed by atoms with Crippen LogP contribution >= 0.6 is 0 Å². The molecule has 3 aliphatic carbocycles. The normalized spacial score (nSPS) is 30.0. The van der Waals surface area contributed by atoms with E-state index in [9.17, 15) is 42.8 Å². The fourth-order valence-electron chi connectivity index (χ4n) is 7.95. The molecule has 1 heterocycles. The maximum atomic E-state index is 14.6. The van der Waals surface area contributed by atoms with Gasteiger partial charge in [-0.1, -0.05) is 5.16 Å². The number of nitriles is 1. The molecule has 0 spiro atoms. The van der Waals surface area contributed by atoms with Gasteiger partial charge in [0, 0.05) is 37.4 Å². The number of phenolic OH excluding ortho intramolecular Hbond substituents is 1. The second kappa shape index (κ2) is 11.0. The van der Waals surface area contributed by atoms with Gasteiger partial charge in [0.2, 0.25) is 15.9 Å². The minimum absolute atomic E-state index is 0.0327. The number of likely N-dealkylation sites (N-methyl/N-ethyl adjacent to an activating group) is 1. The Balaban J connectivity index is 1.69. The zero-order chi connectivity index (χ0) is 36.0. The minimum Gasteiger partial charge on any atom is -0.507 e. The Morgan fingerprint density at radius 2 is 1.79 bits per heavy atom. The first kappa shape index (κ1) is 34.8. The number of carbonyl (C=O) groups is 5. The number of phenols is 1. The number of anilines is 1. The van der Waals surface area contributed by atoms with E-state index >= 15 is 0 Å². The van der Waals surface area contributed by atoms with E-state index < -0.39 is 92.1 Å². The van der Waals surface area contributed by atoms with Gasteiger partial charge in [0.1, 0.15) is 22.3 Å². The fraction of sp³-hybridized carbons (Fsp3) is 0.500. The molecule has 2 fully saturated rings. The van der Waals surface area contributed by atoms with E-state index in [1.807, 2.05) is 0 Å². The van der Waals surface area contributed by atoms with Crippen LogP contribution < -0.4 is 26.8 Å². The summed E-state index contributed by atoms with van der Waals surface area (Å²) in [4.78, 5) is 71.6. The van der Waals surface area contributed by atoms with Gasteiger partial charge in [-0.05, 0) is 52.4 Å². The summed E-state index contributed by atoms with van der Waals surface area (Å²) < 4.78 is 33.6. The molecule has 6 atom stereocenters. The van der Waals surface area contributed by atoms with Gasteiger partial charge in [0.15, 0.2) is 40.2 Å². The van der Waals surface area contributed by atoms with E-state index in [4.69, 9.17) is 21.7 Å². The lowest BCUT2D eigenvalue weighted by Gasteiger charge is -2.60. The lowest BCUT2D eigenvalue weighted by Crippen LogP contribution is -2.85. The number of nitrogens with zero attached hydrogens (tertiary/aromatic N) is 4. The predicted octanol–water partition coefficient (Wildman–Crippen LogP) is -2.04. The molecular formula is C30H36N8O9S. The van der Waals surface area contributed by atoms with E-state index in [1.165, 1.54) is 38.9 Å². The largest absolute Gasteiger partial charge is 0.507 e. The molecule has 0 bridgehead atoms. The summed E-state index contributed by atoms with van der Waals surface area (Å²) in [6.45, 7) is 2.34. The molecule has 48 heavy (non-hydrogen) atoms. The Labute approximate surface area is 275 Å². The molecule has 0 saturated heterocycles. The summed E-state index contributed by atoms with van der Waals surface area (Å²) in [5.74, 6) is -10.9. The van der Waals surface area contributed by atoms with Crippen molar-refractivity contribution in [3.63, 3.8) is 0 Å². The van der Waals surface area contributed by atoms with Crippen LogP contribution in [-0.2, 0) is 42.2 Å². The average molecular weight is 685 g/mol. The smallest absolute Gasteiger partial charge is 0.246 e. The van der Waals surface area contributed by atoms with Crippen molar-refractivity contribution in [2.24, 2.45) is 34.5 Å². The molecule has 2 unspecified atom stereocenters. The van der Waals surface area contributed by atoms with Crippen molar-refractivity contribution in [3.8, 4) is 11.8 Å². The van der Waals surface area contributed by atoms with Gasteiger partial charge in [-0.25, -0.2) is 13.1 Å². The number of primary amides is 1. The monoisotopic (exact) mass is 684 g/mol. The highest BCUT2D eigenvalue weighted by atomic mass is 32.2. The lowest BCUT2D eigenvalue weighted by atomic mass is 9.42. The first-order chi connectivity index (χ1) is 22.1. The Morgan fingerprint density at radius 1 is 1.17 bits per heavy atom. The summed E-state index contributed by atoms with van der Waals surface area (Å²) in [6, 6.07) is 1.58. The minimum atomic E-state index is -4.21. The zero-order valence-corrected chi connectivity index (χ0v) is 27.9. The number of sulfonamides is 1. The first-order valence-corrected chi connectivity index (χ1v) is 16.2. The molecule has 5 rings (SSSR count). The van der Waals surface area contributed by atoms with Gasteiger partial charge in [0.05, 0.1) is 23.2 Å². The van der Waals surface area contributed by atoms with Gasteiger partial charge in [-0.3, -0.25) is 28.9 Å². The maximum Gasteiger partial charge on any atom is 0.246 e. The van der Waals surface area contributed by atoms with Gasteiger partial charge in [-0.2, -0.15) is 5.26 Å². The molecule has 1 amide bonds. The van der Waals surface area contributed by atoms with E-state index in [-0.39, 0.29) is 39.5 Å². The molecule has 2 aromatic rings. The number of amides is 1. The van der Waals surface area contributed by atoms with E-state index in [1.54, 1.807) is 25.1 Å². The number of aryl methyl sites for hydroxylation is 2. The van der Waals surface area contributed by atoms with Crippen molar-refractivity contribution in [1.82, 2.24) is 14.8 Å². The molecular weight excluding hydrogens is 648 g/mol. The number of aromatic nitrogens is 1. The van der Waals surface area contributed by atoms with Crippen molar-refractivity contribution in [2.45, 2.75) is 55.2 Å². The van der Waals surface area contributed by atoms with Crippen LogP contribution in [0.5, 0.6) is 5.75 Å². The Hall–Kier alpha value is -4.54. The summed E-state index contributed by atoms with van der Waals surface area (Å²) in [7, 11) is 1.88. The SMILES string of the molecule is Cc1noc(C)c1S(=O)(=O)NCc1cc(N(C)C)c2c(c1O)C(=O)C1C(=O)[C@]3(C#N)C(=O)C(C(N)=O)C(=O)[C@@H](N(C)C)[C@]3(N)C[C@]1(N)C2. The van der Waals surface area contributed by atoms with Crippen molar-refractivity contribution in [3.05, 3.63) is 34.2 Å². The second-order valence-electron chi connectivity index (χ2n) is 13.2. The standard InChI is InChI=1S/C30H36N8O9S/c1-12-23(13(2)47-36-12)48(45,46)35-9-14-7-16(37(3)4)15-8-28(33)10-30(34)24(38(5)6)22(41)18(27(32)44)25(42)29(30,11-31)26(43)19(28)21(40)17(15)20(14)39/h7,18-19,24,35,39H,8-10,33-34H2,1-6H3,(H2,32,44)/t18?,19?,24-,28-,29+,30-/m1/s1. The van der Waals surface area contributed by atoms with Crippen molar-refractivity contribution in [2.75, 3.05) is 33.1 Å². The molecule has 1 aromatic heterocycles. The summed E-state index contributed by atoms with van der Waals surface area (Å²) >= 11 is 0. The quantitative estimate of drug-likeness (QED) is 0.196. The Kier molecular flexibility index (Phi) is 7.97. The number of hydrogen-bond donors (Lipinski definition) is 5. The molecule has 0 radical (unpaired) electrons. The fourth-order valence-corrected chi connectivity index (χ4v) is 9.28. The number of nitrogens with two attached hydrogens (primary N) is 3. The number of nitrogens with one attached hydrogen (secondary N) is 1. The van der Waals surface area contributed by atoms with Gasteiger partial charge in [0.25, 0.3) is 0 Å². The number of carbonyl (C=O) groups excluding carboxylic acids is 5. The molecule has 17 nitrogen and oxygen atoms in total. The zero-order valence-electron chi connectivity index (χ0n) is 27.1. The van der Waals surface area contributed by atoms with Gasteiger partial charge >= 0.3 is 0 Å². The van der Waals surface area contributed by atoms with Crippen LogP contribution in [0.1, 0.15) is 39.4 Å². The summed E-state index contributed by atoms with van der Waals surface area (Å²) in [5, 5.41) is 25.7. The van der Waals surface area contributed by atoms with Crippen LogP contribution in [0, 0.1) is 42.4 Å². The van der Waals surface area contributed by atoms with E-state index in [2.05, 4.69) is 9.88 Å². The first-order valence-electron chi connectivity index (χ1n) is 14.7. The molecule has 256 valence electrons. The van der Waals surface area contributed by atoms with Crippen LogP contribution in [0.15, 0.2) is 15.5 Å². The lowest BCUT2D eigenvalue weighted by molar-refractivity contribution is -0.166. The molecule has 0 aliphatic heterocycles. The highest BCUT2D eigenvalue weighted by Crippen LogP contribution is 2.57. The van der Waals surface area contributed by atoms with Crippen molar-refractivity contribution in [1.29, 1.82) is 5.26 Å². The number of fused-ring (bicyclic) bond motifs is 3. The number of aromatic hydroxyl groups is 1. The molecule has 1 aromatic carbocycles. The van der Waals surface area contributed by atoms with Crippen LogP contribution in [0.25, 0.3) is 0 Å². The van der Waals surface area contributed by atoms with E-state index in [0.717, 1.165) is 0 Å². The molecule has 8 N–H and O–H groups in total. The Morgan fingerprint density at radius 3 is 2.29 bits per heavy atom. The highest BCUT2D eigenvalue weighted by Gasteiger charge is 2.78. The van der Waals surface area contributed by atoms with Crippen LogP contribution in [0.3, 0.4) is 0 Å². The topological polar surface area (TPSA) is 286 Å². The number of hydrogen-bond acceptors (Lipinski definition) is 15. The maximum absolute atomic E-state index is 14.6. The van der Waals surface area contributed by atoms with Crippen molar-refractivity contribution >= 4 is 44.8 Å². The van der Waals surface area contributed by atoms with Gasteiger partial charge in [-0.15, -0.1) is 0 Å². The molecule has 2 saturated carbocycles. The molecule has 3 aliphatic rings. The highest BCUT2D eigenvalue weighted by molar-refractivity contribution is 7.89. The number of rotatable bonds is 7. The third kappa shape index (κ3) is 4.45. The van der Waals surface area contributed by atoms with Crippen LogP contribution in [0.4, 0.5) is 5.69 Å². The summed E-state index contributed by atoms with van der Waals surface area (Å²) in [5.41, 5.74) is 12.3. The second-order valence-corrected chi connectivity index (χ2v) is 15.0. The van der Waals surface area contributed by atoms with Crippen LogP contribution in [0.2, 0.25) is 0 Å². The molecule has 18 heteroatoms. The Bertz CT molecular complexity index is 1960.